The number of nitrogens with one attached hydrogen (secondary N) is 1. The van der Waals surface area contributed by atoms with Crippen LogP contribution in [0.3, 0.4) is 0 Å². The van der Waals surface area contributed by atoms with Gasteiger partial charge in [-0.05, 0) is 70.6 Å². The number of cyclic esters (lactones) is 1. The van der Waals surface area contributed by atoms with Gasteiger partial charge in [0.25, 0.3) is 11.8 Å². The number of rotatable bonds is 7. The molecule has 1 unspecified atom stereocenters. The van der Waals surface area contributed by atoms with Gasteiger partial charge in [-0.3, -0.25) is 43.8 Å². The van der Waals surface area contributed by atoms with E-state index in [2.05, 4.69) is 5.32 Å². The highest BCUT2D eigenvalue weighted by atomic mass is 16.6. The number of ether oxygens (including phenoxy) is 3. The first-order chi connectivity index (χ1) is 26.2. The third-order valence-corrected chi connectivity index (χ3v) is 12.3. The molecule has 0 spiro atoms. The normalized spacial score (nSPS) is 30.7. The second-order valence-corrected chi connectivity index (χ2v) is 15.3. The molecule has 7 rings (SSSR count). The molecule has 55 heavy (non-hydrogen) atoms. The van der Waals surface area contributed by atoms with E-state index in [4.69, 9.17) is 14.2 Å². The zero-order chi connectivity index (χ0) is 39.4. The molecule has 3 saturated heterocycles. The largest absolute Gasteiger partial charge is 0.466 e. The Kier molecular flexibility index (Phi) is 9.54. The third-order valence-electron chi connectivity index (χ3n) is 12.3. The fourth-order valence-electron chi connectivity index (χ4n) is 9.61. The number of allylic oxidation sites excluding steroid dienone is 3. The molecule has 1 saturated carbocycles. The Morgan fingerprint density at radius 2 is 1.71 bits per heavy atom. The summed E-state index contributed by atoms with van der Waals surface area (Å²) in [5.41, 5.74) is -1.70. The summed E-state index contributed by atoms with van der Waals surface area (Å²) < 4.78 is 17.2. The maximum Gasteiger partial charge on any atom is 0.333 e. The number of imide groups is 2. The highest BCUT2D eigenvalue weighted by Crippen LogP contribution is 2.65. The van der Waals surface area contributed by atoms with Crippen LogP contribution in [0, 0.1) is 11.3 Å². The van der Waals surface area contributed by atoms with Crippen molar-refractivity contribution in [2.75, 3.05) is 38.2 Å². The molecule has 4 heterocycles. The third kappa shape index (κ3) is 6.04. The number of benzene rings is 1. The van der Waals surface area contributed by atoms with E-state index in [9.17, 15) is 38.4 Å². The van der Waals surface area contributed by atoms with Crippen LogP contribution in [0.15, 0.2) is 53.6 Å². The van der Waals surface area contributed by atoms with Gasteiger partial charge in [0, 0.05) is 56.6 Å². The average molecular weight is 757 g/mol. The van der Waals surface area contributed by atoms with E-state index >= 15 is 0 Å². The fourth-order valence-corrected chi connectivity index (χ4v) is 9.61. The number of piperazine rings is 1. The Hall–Kier alpha value is -5.60. The predicted octanol–water partition coefficient (Wildman–Crippen LogP) is 2.54. The van der Waals surface area contributed by atoms with E-state index in [1.165, 1.54) is 14.0 Å². The van der Waals surface area contributed by atoms with Crippen molar-refractivity contribution in [1.82, 2.24) is 15.1 Å². The Bertz CT molecular complexity index is 2010. The lowest BCUT2D eigenvalue weighted by Crippen LogP contribution is -2.65. The van der Waals surface area contributed by atoms with Crippen molar-refractivity contribution < 1.29 is 52.6 Å². The summed E-state index contributed by atoms with van der Waals surface area (Å²) in [6.45, 7) is 6.22. The van der Waals surface area contributed by atoms with Gasteiger partial charge in [-0.15, -0.1) is 0 Å². The highest BCUT2D eigenvalue weighted by Gasteiger charge is 2.74. The number of carbonyl (C=O) groups is 8. The van der Waals surface area contributed by atoms with Crippen LogP contribution in [0.25, 0.3) is 0 Å². The van der Waals surface area contributed by atoms with Crippen molar-refractivity contribution in [3.05, 3.63) is 64.8 Å². The van der Waals surface area contributed by atoms with E-state index < -0.39 is 70.1 Å². The number of fused-ring (bicyclic) bond motifs is 1. The lowest BCUT2D eigenvalue weighted by molar-refractivity contribution is -0.235. The van der Waals surface area contributed by atoms with Crippen LogP contribution in [0.5, 0.6) is 0 Å². The van der Waals surface area contributed by atoms with Gasteiger partial charge < -0.3 is 24.0 Å². The van der Waals surface area contributed by atoms with Crippen LogP contribution in [-0.4, -0.2) is 108 Å². The van der Waals surface area contributed by atoms with Crippen LogP contribution in [-0.2, 0) is 43.0 Å². The molecule has 0 radical (unpaired) electrons. The van der Waals surface area contributed by atoms with Gasteiger partial charge >= 0.3 is 17.9 Å². The number of anilines is 1. The number of hydrogen-bond donors (Lipinski definition) is 1. The summed E-state index contributed by atoms with van der Waals surface area (Å²) in [4.78, 5) is 108. The van der Waals surface area contributed by atoms with Crippen molar-refractivity contribution in [2.24, 2.45) is 11.3 Å². The molecule has 4 aliphatic heterocycles. The van der Waals surface area contributed by atoms with Crippen LogP contribution < -0.4 is 10.2 Å². The summed E-state index contributed by atoms with van der Waals surface area (Å²) in [6.07, 6.45) is 8.55. The highest BCUT2D eigenvalue weighted by molar-refractivity contribution is 6.25. The van der Waals surface area contributed by atoms with Gasteiger partial charge in [0.15, 0.2) is 0 Å². The first-order valence-electron chi connectivity index (χ1n) is 18.6. The molecule has 4 fully saturated rings. The zero-order valence-electron chi connectivity index (χ0n) is 31.3. The van der Waals surface area contributed by atoms with Gasteiger partial charge in [-0.2, -0.15) is 0 Å². The quantitative estimate of drug-likeness (QED) is 0.141. The molecule has 1 aromatic carbocycles. The van der Waals surface area contributed by atoms with Crippen molar-refractivity contribution in [3.63, 3.8) is 0 Å². The topological polar surface area (TPSA) is 186 Å². The van der Waals surface area contributed by atoms with Crippen molar-refractivity contribution in [1.29, 1.82) is 0 Å². The Balaban J connectivity index is 1.03. The van der Waals surface area contributed by atoms with E-state index in [0.717, 1.165) is 4.90 Å². The number of piperidine rings is 1. The summed E-state index contributed by atoms with van der Waals surface area (Å²) >= 11 is 0. The zero-order valence-corrected chi connectivity index (χ0v) is 31.3. The Morgan fingerprint density at radius 1 is 0.964 bits per heavy atom. The van der Waals surface area contributed by atoms with Gasteiger partial charge in [0.2, 0.25) is 17.7 Å². The number of carbonyl (C=O) groups excluding carboxylic acids is 8. The molecule has 1 N–H and O–H groups in total. The molecule has 2 bridgehead atoms. The maximum atomic E-state index is 13.9. The number of hydrogen-bond acceptors (Lipinski definition) is 12. The number of nitrogens with zero attached hydrogens (tertiary/aromatic N) is 3. The summed E-state index contributed by atoms with van der Waals surface area (Å²) in [6, 6.07) is 3.91. The molecule has 1 aromatic rings. The molecule has 2 aliphatic carbocycles. The van der Waals surface area contributed by atoms with Crippen LogP contribution in [0.2, 0.25) is 0 Å². The molecular weight excluding hydrogens is 712 g/mol. The molecule has 6 aliphatic rings. The number of methoxy groups -OCH3 is 1. The lowest BCUT2D eigenvalue weighted by atomic mass is 9.62. The molecule has 15 nitrogen and oxygen atoms in total. The SMILES string of the molecule is COC(=O)C1=CC[C@@]23CC[C@H]([C@@](C)(/C=C/C=C(\C)C(=O)N4CCN(c5cccc6c5C(=O)N(C5CCC(=O)NC5=O)C6=O)CC4)OC2=O)[C@@]3(OC(C)=O)CC1. The smallest absolute Gasteiger partial charge is 0.333 e. The van der Waals surface area contributed by atoms with E-state index in [0.29, 0.717) is 55.9 Å². The van der Waals surface area contributed by atoms with Gasteiger partial charge in [-0.1, -0.05) is 24.3 Å². The number of esters is 3. The second-order valence-electron chi connectivity index (χ2n) is 15.3. The van der Waals surface area contributed by atoms with Crippen molar-refractivity contribution >= 4 is 53.1 Å². The summed E-state index contributed by atoms with van der Waals surface area (Å²) in [5.74, 6) is -4.40. The van der Waals surface area contributed by atoms with E-state index in [1.54, 1.807) is 61.3 Å². The van der Waals surface area contributed by atoms with Crippen molar-refractivity contribution in [2.45, 2.75) is 83.0 Å². The van der Waals surface area contributed by atoms with Gasteiger partial charge in [-0.25, -0.2) is 4.79 Å². The van der Waals surface area contributed by atoms with Crippen LogP contribution in [0.1, 0.15) is 86.4 Å². The Labute approximate surface area is 317 Å². The minimum atomic E-state index is -1.20. The van der Waals surface area contributed by atoms with Crippen LogP contribution >= 0.6 is 0 Å². The van der Waals surface area contributed by atoms with Gasteiger partial charge in [0.05, 0.1) is 23.9 Å². The first-order valence-corrected chi connectivity index (χ1v) is 18.6. The van der Waals surface area contributed by atoms with Gasteiger partial charge in [0.1, 0.15) is 22.7 Å². The summed E-state index contributed by atoms with van der Waals surface area (Å²) in [5, 5.41) is 2.21. The molecule has 5 amide bonds. The molecule has 290 valence electrons. The Morgan fingerprint density at radius 3 is 2.40 bits per heavy atom. The fraction of sp³-hybridized carbons (Fsp3) is 0.500. The maximum absolute atomic E-state index is 13.9. The molecular formula is C40H44N4O11. The predicted molar refractivity (Wildman–Crippen MR) is 193 cm³/mol. The lowest BCUT2D eigenvalue weighted by Gasteiger charge is -2.54. The van der Waals surface area contributed by atoms with Crippen molar-refractivity contribution in [3.8, 4) is 0 Å². The van der Waals surface area contributed by atoms with E-state index in [1.807, 2.05) is 4.90 Å². The molecule has 5 atom stereocenters. The number of amides is 5. The van der Waals surface area contributed by atoms with E-state index in [-0.39, 0.29) is 49.1 Å². The monoisotopic (exact) mass is 756 g/mol. The van der Waals surface area contributed by atoms with Crippen LogP contribution in [0.4, 0.5) is 5.69 Å². The summed E-state index contributed by atoms with van der Waals surface area (Å²) in [7, 11) is 1.30. The minimum Gasteiger partial charge on any atom is -0.466 e. The first kappa shape index (κ1) is 37.7. The second kappa shape index (κ2) is 13.9. The molecule has 0 aromatic heterocycles. The standard InChI is InChI=1S/C40H44N4O11/c1-23(7-6-15-38(3)29-14-17-39(37(52)55-38)16-12-25(36(51)53-4)13-18-40(29,39)54-24(2)45)33(48)43-21-19-42(20-22-43)27-9-5-8-26-31(27)35(50)44(34(26)49)28-10-11-30(46)41-32(28)47/h5-9,12,15,28-29H,10-11,13-14,16-22H2,1-4H3,(H,41,46,47)/b15-6+,23-7+/t28?,29-,38-,39-,40+/m1/s1. The average Bonchev–Trinajstić information content (AvgIpc) is 3.49. The molecule has 15 heteroatoms. The minimum absolute atomic E-state index is 0.0272.